The summed E-state index contributed by atoms with van der Waals surface area (Å²) in [5.74, 6) is 0. The van der Waals surface area contributed by atoms with Crippen molar-refractivity contribution in [1.82, 2.24) is 0 Å². The summed E-state index contributed by atoms with van der Waals surface area (Å²) in [5.41, 5.74) is -0.571. The van der Waals surface area contributed by atoms with Crippen LogP contribution in [-0.2, 0) is 13.1 Å². The van der Waals surface area contributed by atoms with Crippen molar-refractivity contribution in [3.05, 3.63) is 61.2 Å². The van der Waals surface area contributed by atoms with Gasteiger partial charge in [-0.15, -0.1) is 0 Å². The zero-order valence-corrected chi connectivity index (χ0v) is 18.1. The summed E-state index contributed by atoms with van der Waals surface area (Å²) in [6.07, 6.45) is 7.76. The predicted molar refractivity (Wildman–Crippen MR) is 97.0 cm³/mol. The molecule has 2 N–H and O–H groups in total. The van der Waals surface area contributed by atoms with Gasteiger partial charge in [0.2, 0.25) is 0 Å². The van der Waals surface area contributed by atoms with E-state index in [1.807, 2.05) is 70.3 Å². The summed E-state index contributed by atoms with van der Waals surface area (Å²) < 4.78 is 122. The van der Waals surface area contributed by atoms with Crippen molar-refractivity contribution in [2.24, 2.45) is 5.41 Å². The van der Waals surface area contributed by atoms with Gasteiger partial charge in [-0.1, -0.05) is 12.1 Å². The van der Waals surface area contributed by atoms with E-state index in [0.29, 0.717) is 13.1 Å². The fourth-order valence-corrected chi connectivity index (χ4v) is 2.15. The zero-order valence-electron chi connectivity index (χ0n) is 16.3. The Balaban J connectivity index is 0.000000605. The fraction of sp³-hybridized carbons (Fsp3) is 0.333. The van der Waals surface area contributed by atoms with Crippen LogP contribution in [0.15, 0.2) is 61.2 Å². The fourth-order valence-electron chi connectivity index (χ4n) is 2.15. The summed E-state index contributed by atoms with van der Waals surface area (Å²) in [6.45, 7) is 1.02. The predicted octanol–water partition coefficient (Wildman–Crippen LogP) is 6.70. The molecule has 0 fully saturated rings. The van der Waals surface area contributed by atoms with E-state index < -0.39 is 21.0 Å². The SMILES string of the molecule is F[P-](F)(F)(F)(F)F.F[P-](F)(F)(F)(F)F.OCC(CO)(C[n+]1ccccc1)C[n+]1ccccc1. The molecule has 0 spiro atoms. The molecule has 0 aliphatic heterocycles. The van der Waals surface area contributed by atoms with Crippen LogP contribution in [-0.4, -0.2) is 23.4 Å². The number of aliphatic hydroxyl groups is 2. The first-order valence-corrected chi connectivity index (χ1v) is 12.5. The standard InChI is InChI=1S/C15H20N2O2.2F6P/c18-13-15(14-19,11-16-7-3-1-4-8-16)12-17-9-5-2-6-10-17;2*1-7(2,3,4,5)6/h1-10,18-19H,11-14H2;;/q+2;2*-1. The maximum Gasteiger partial charge on any atom is 0.168 e. The molecule has 0 aliphatic carbocycles. The largest absolute Gasteiger partial charge is 0.395 e. The third kappa shape index (κ3) is 26.4. The average Bonchev–Trinajstić information content (AvgIpc) is 2.57. The number of aliphatic hydroxyl groups excluding tert-OH is 2. The van der Waals surface area contributed by atoms with Crippen molar-refractivity contribution in [2.75, 3.05) is 13.2 Å². The molecule has 0 saturated carbocycles. The zero-order chi connectivity index (χ0) is 26.4. The van der Waals surface area contributed by atoms with Crippen LogP contribution in [0.5, 0.6) is 0 Å². The summed E-state index contributed by atoms with van der Waals surface area (Å²) in [4.78, 5) is 0. The number of nitrogens with zero attached hydrogens (tertiary/aromatic N) is 2. The normalized spacial score (nSPS) is 16.4. The second-order valence-electron chi connectivity index (χ2n) is 6.83. The first-order chi connectivity index (χ1) is 14.2. The van der Waals surface area contributed by atoms with Gasteiger partial charge in [0.25, 0.3) is 0 Å². The van der Waals surface area contributed by atoms with Crippen molar-refractivity contribution >= 4 is 15.6 Å². The summed E-state index contributed by atoms with van der Waals surface area (Å²) >= 11 is 0. The Morgan fingerprint density at radius 3 is 0.879 bits per heavy atom. The Morgan fingerprint density at radius 1 is 0.485 bits per heavy atom. The third-order valence-corrected chi connectivity index (χ3v) is 3.26. The molecule has 0 amide bonds. The molecular formula is C15H20F12N2O2P2. The number of aromatic nitrogens is 2. The van der Waals surface area contributed by atoms with Crippen LogP contribution in [0.3, 0.4) is 0 Å². The van der Waals surface area contributed by atoms with Crippen LogP contribution in [0.2, 0.25) is 0 Å². The van der Waals surface area contributed by atoms with Gasteiger partial charge in [0, 0.05) is 24.3 Å². The van der Waals surface area contributed by atoms with Gasteiger partial charge < -0.3 is 10.2 Å². The summed E-state index contributed by atoms with van der Waals surface area (Å²) in [7, 11) is -21.3. The van der Waals surface area contributed by atoms with E-state index in [0.717, 1.165) is 0 Å². The molecule has 18 heteroatoms. The van der Waals surface area contributed by atoms with Crippen molar-refractivity contribution in [3.8, 4) is 0 Å². The van der Waals surface area contributed by atoms with E-state index in [4.69, 9.17) is 0 Å². The van der Waals surface area contributed by atoms with Crippen LogP contribution in [0, 0.1) is 5.41 Å². The van der Waals surface area contributed by atoms with Gasteiger partial charge >= 0.3 is 66.0 Å². The number of halogens is 12. The summed E-state index contributed by atoms with van der Waals surface area (Å²) in [6, 6.07) is 11.7. The molecule has 2 rings (SSSR count). The minimum Gasteiger partial charge on any atom is -0.395 e. The van der Waals surface area contributed by atoms with Crippen LogP contribution >= 0.6 is 15.6 Å². The maximum absolute atomic E-state index is 10.7. The van der Waals surface area contributed by atoms with Gasteiger partial charge in [0.1, 0.15) is 5.41 Å². The van der Waals surface area contributed by atoms with Gasteiger partial charge in [0.05, 0.1) is 13.2 Å². The summed E-state index contributed by atoms with van der Waals surface area (Å²) in [5, 5.41) is 19.4. The van der Waals surface area contributed by atoms with Gasteiger partial charge in [-0.05, 0) is 0 Å². The molecule has 2 aromatic rings. The molecule has 4 nitrogen and oxygen atoms in total. The van der Waals surface area contributed by atoms with E-state index in [9.17, 15) is 60.6 Å². The first-order valence-electron chi connectivity index (χ1n) is 8.41. The van der Waals surface area contributed by atoms with E-state index in [1.165, 1.54) is 0 Å². The second kappa shape index (κ2) is 8.79. The smallest absolute Gasteiger partial charge is 0.168 e. The molecule has 0 radical (unpaired) electrons. The van der Waals surface area contributed by atoms with Gasteiger partial charge in [0.15, 0.2) is 37.9 Å². The molecule has 0 atom stereocenters. The molecule has 0 aliphatic rings. The first kappa shape index (κ1) is 31.2. The van der Waals surface area contributed by atoms with Crippen molar-refractivity contribution in [3.63, 3.8) is 0 Å². The average molecular weight is 550 g/mol. The van der Waals surface area contributed by atoms with E-state index in [1.54, 1.807) is 0 Å². The molecule has 0 aromatic carbocycles. The molecule has 0 unspecified atom stereocenters. The molecule has 33 heavy (non-hydrogen) atoms. The van der Waals surface area contributed by atoms with Gasteiger partial charge in [-0.3, -0.25) is 0 Å². The van der Waals surface area contributed by atoms with Crippen LogP contribution in [0.25, 0.3) is 0 Å². The minimum absolute atomic E-state index is 0.0622. The van der Waals surface area contributed by atoms with Crippen molar-refractivity contribution < 1.29 is 69.7 Å². The number of rotatable bonds is 6. The van der Waals surface area contributed by atoms with E-state index >= 15 is 0 Å². The Kier molecular flexibility index (Phi) is 8.32. The van der Waals surface area contributed by atoms with Crippen LogP contribution in [0.1, 0.15) is 0 Å². The quantitative estimate of drug-likeness (QED) is 0.239. The number of hydrogen-bond acceptors (Lipinski definition) is 2. The van der Waals surface area contributed by atoms with E-state index in [-0.39, 0.29) is 13.2 Å². The Labute approximate surface area is 179 Å². The minimum atomic E-state index is -10.7. The van der Waals surface area contributed by atoms with E-state index in [2.05, 4.69) is 0 Å². The molecule has 196 valence electrons. The van der Waals surface area contributed by atoms with Crippen molar-refractivity contribution in [2.45, 2.75) is 13.1 Å². The topological polar surface area (TPSA) is 48.2 Å². The second-order valence-corrected chi connectivity index (χ2v) is 10.7. The van der Waals surface area contributed by atoms with Crippen molar-refractivity contribution in [1.29, 1.82) is 0 Å². The molecule has 2 heterocycles. The molecule has 0 saturated heterocycles. The third-order valence-electron chi connectivity index (χ3n) is 3.26. The van der Waals surface area contributed by atoms with Crippen LogP contribution in [0.4, 0.5) is 50.4 Å². The number of pyridine rings is 2. The van der Waals surface area contributed by atoms with Crippen LogP contribution < -0.4 is 9.13 Å². The monoisotopic (exact) mass is 550 g/mol. The Morgan fingerprint density at radius 2 is 0.697 bits per heavy atom. The molecular weight excluding hydrogens is 530 g/mol. The maximum atomic E-state index is 9.87. The number of hydrogen-bond donors (Lipinski definition) is 2. The van der Waals surface area contributed by atoms with Gasteiger partial charge in [-0.25, -0.2) is 9.13 Å². The van der Waals surface area contributed by atoms with Gasteiger partial charge in [-0.2, -0.15) is 0 Å². The molecule has 2 aromatic heterocycles. The molecule has 0 bridgehead atoms. The Hall–Kier alpha value is -1.76. The Bertz CT molecular complexity index is 778.